The predicted molar refractivity (Wildman–Crippen MR) is 98.8 cm³/mol. The summed E-state index contributed by atoms with van der Waals surface area (Å²) in [5.41, 5.74) is 1.69. The monoisotopic (exact) mass is 353 g/mol. The number of ether oxygens (including phenoxy) is 1. The van der Waals surface area contributed by atoms with Crippen molar-refractivity contribution in [3.05, 3.63) is 54.4 Å². The van der Waals surface area contributed by atoms with Gasteiger partial charge in [0, 0.05) is 39.0 Å². The Morgan fingerprint density at radius 3 is 2.85 bits per heavy atom. The Morgan fingerprint density at radius 2 is 2.12 bits per heavy atom. The van der Waals surface area contributed by atoms with Crippen LogP contribution in [-0.4, -0.2) is 41.9 Å². The van der Waals surface area contributed by atoms with Gasteiger partial charge in [-0.1, -0.05) is 18.2 Å². The Balaban J connectivity index is 1.70. The van der Waals surface area contributed by atoms with E-state index in [2.05, 4.69) is 4.98 Å². The molecule has 1 fully saturated rings. The van der Waals surface area contributed by atoms with Crippen LogP contribution in [0.4, 0.5) is 5.69 Å². The maximum Gasteiger partial charge on any atom is 0.228 e. The van der Waals surface area contributed by atoms with Crippen LogP contribution in [0.3, 0.4) is 0 Å². The van der Waals surface area contributed by atoms with E-state index >= 15 is 0 Å². The molecule has 0 spiro atoms. The molecule has 1 aliphatic heterocycles. The summed E-state index contributed by atoms with van der Waals surface area (Å²) in [6, 6.07) is 11.2. The number of nitrogens with zero attached hydrogens (tertiary/aromatic N) is 3. The molecule has 2 heterocycles. The van der Waals surface area contributed by atoms with Crippen LogP contribution in [0.1, 0.15) is 18.9 Å². The van der Waals surface area contributed by atoms with Crippen molar-refractivity contribution in [2.45, 2.75) is 19.9 Å². The van der Waals surface area contributed by atoms with Crippen molar-refractivity contribution in [2.24, 2.45) is 5.92 Å². The lowest BCUT2D eigenvalue weighted by Crippen LogP contribution is -2.34. The zero-order valence-corrected chi connectivity index (χ0v) is 15.1. The summed E-state index contributed by atoms with van der Waals surface area (Å²) < 4.78 is 5.62. The number of aromatic nitrogens is 1. The van der Waals surface area contributed by atoms with E-state index in [0.717, 1.165) is 11.3 Å². The van der Waals surface area contributed by atoms with Gasteiger partial charge in [0.15, 0.2) is 0 Å². The minimum Gasteiger partial charge on any atom is -0.492 e. The van der Waals surface area contributed by atoms with Gasteiger partial charge in [-0.15, -0.1) is 0 Å². The Kier molecular flexibility index (Phi) is 5.51. The summed E-state index contributed by atoms with van der Waals surface area (Å²) in [4.78, 5) is 32.7. The number of amides is 2. The van der Waals surface area contributed by atoms with Gasteiger partial charge in [0.25, 0.3) is 0 Å². The van der Waals surface area contributed by atoms with E-state index in [0.29, 0.717) is 25.4 Å². The van der Waals surface area contributed by atoms with E-state index in [-0.39, 0.29) is 24.2 Å². The quantitative estimate of drug-likeness (QED) is 0.800. The van der Waals surface area contributed by atoms with Gasteiger partial charge in [0.1, 0.15) is 5.75 Å². The molecule has 0 saturated carbocycles. The van der Waals surface area contributed by atoms with Crippen molar-refractivity contribution < 1.29 is 14.3 Å². The largest absolute Gasteiger partial charge is 0.492 e. The fourth-order valence-electron chi connectivity index (χ4n) is 3.22. The van der Waals surface area contributed by atoms with Crippen molar-refractivity contribution in [3.8, 4) is 5.75 Å². The van der Waals surface area contributed by atoms with E-state index < -0.39 is 0 Å². The van der Waals surface area contributed by atoms with Crippen LogP contribution in [0.15, 0.2) is 48.8 Å². The first-order valence-corrected chi connectivity index (χ1v) is 8.76. The molecule has 1 saturated heterocycles. The molecule has 0 radical (unpaired) electrons. The maximum atomic E-state index is 12.8. The van der Waals surface area contributed by atoms with Crippen LogP contribution >= 0.6 is 0 Å². The number of carbonyl (C=O) groups excluding carboxylic acids is 2. The normalized spacial score (nSPS) is 16.6. The SMILES string of the molecule is CCOc1ccccc1N1C[C@@H](C(=O)N(C)Cc2cccnc2)CC1=O. The molecule has 0 bridgehead atoms. The molecular weight excluding hydrogens is 330 g/mol. The molecule has 136 valence electrons. The average molecular weight is 353 g/mol. The number of hydrogen-bond acceptors (Lipinski definition) is 4. The van der Waals surface area contributed by atoms with Gasteiger partial charge >= 0.3 is 0 Å². The molecule has 0 aliphatic carbocycles. The molecular formula is C20H23N3O3. The van der Waals surface area contributed by atoms with Gasteiger partial charge in [-0.05, 0) is 30.7 Å². The van der Waals surface area contributed by atoms with Gasteiger partial charge < -0.3 is 14.5 Å². The average Bonchev–Trinajstić information content (AvgIpc) is 3.04. The van der Waals surface area contributed by atoms with Crippen molar-refractivity contribution in [1.29, 1.82) is 0 Å². The van der Waals surface area contributed by atoms with Gasteiger partial charge in [-0.25, -0.2) is 0 Å². The molecule has 2 amide bonds. The number of hydrogen-bond donors (Lipinski definition) is 0. The highest BCUT2D eigenvalue weighted by Crippen LogP contribution is 2.33. The first kappa shape index (κ1) is 17.9. The molecule has 0 unspecified atom stereocenters. The summed E-state index contributed by atoms with van der Waals surface area (Å²) in [5, 5.41) is 0. The highest BCUT2D eigenvalue weighted by molar-refractivity contribution is 6.01. The van der Waals surface area contributed by atoms with Crippen LogP contribution in [0.5, 0.6) is 5.75 Å². The summed E-state index contributed by atoms with van der Waals surface area (Å²) in [6.45, 7) is 3.28. The highest BCUT2D eigenvalue weighted by atomic mass is 16.5. The zero-order chi connectivity index (χ0) is 18.5. The molecule has 6 nitrogen and oxygen atoms in total. The molecule has 6 heteroatoms. The topological polar surface area (TPSA) is 62.7 Å². The van der Waals surface area contributed by atoms with E-state index in [1.54, 1.807) is 29.2 Å². The van der Waals surface area contributed by atoms with Crippen molar-refractivity contribution in [2.75, 3.05) is 25.1 Å². The van der Waals surface area contributed by atoms with Crippen molar-refractivity contribution in [3.63, 3.8) is 0 Å². The lowest BCUT2D eigenvalue weighted by atomic mass is 10.1. The second-order valence-electron chi connectivity index (χ2n) is 6.36. The second-order valence-corrected chi connectivity index (χ2v) is 6.36. The molecule has 1 aromatic heterocycles. The van der Waals surface area contributed by atoms with E-state index in [9.17, 15) is 9.59 Å². The van der Waals surface area contributed by atoms with Gasteiger partial charge in [-0.2, -0.15) is 0 Å². The minimum atomic E-state index is -0.348. The fraction of sp³-hybridized carbons (Fsp3) is 0.350. The van der Waals surface area contributed by atoms with Crippen LogP contribution < -0.4 is 9.64 Å². The summed E-state index contributed by atoms with van der Waals surface area (Å²) in [6.07, 6.45) is 3.67. The third-order valence-corrected chi connectivity index (χ3v) is 4.45. The standard InChI is InChI=1S/C20H23N3O3/c1-3-26-18-9-5-4-8-17(18)23-14-16(11-19(23)24)20(25)22(2)13-15-7-6-10-21-12-15/h4-10,12,16H,3,11,13-14H2,1-2H3/t16-/m0/s1. The molecule has 3 rings (SSSR count). The Labute approximate surface area is 153 Å². The van der Waals surface area contributed by atoms with Crippen LogP contribution in [-0.2, 0) is 16.1 Å². The molecule has 1 aromatic carbocycles. The van der Waals surface area contributed by atoms with E-state index in [1.165, 1.54) is 0 Å². The summed E-state index contributed by atoms with van der Waals surface area (Å²) >= 11 is 0. The van der Waals surface area contributed by atoms with Gasteiger partial charge in [-0.3, -0.25) is 14.6 Å². The number of rotatable bonds is 6. The zero-order valence-electron chi connectivity index (χ0n) is 15.1. The highest BCUT2D eigenvalue weighted by Gasteiger charge is 2.37. The number of anilines is 1. The van der Waals surface area contributed by atoms with E-state index in [1.807, 2.05) is 43.3 Å². The molecule has 1 atom stereocenters. The molecule has 0 N–H and O–H groups in total. The predicted octanol–water partition coefficient (Wildman–Crippen LogP) is 2.49. The lowest BCUT2D eigenvalue weighted by molar-refractivity contribution is -0.135. The Bertz CT molecular complexity index is 779. The third kappa shape index (κ3) is 3.85. The number of para-hydroxylation sites is 2. The number of benzene rings is 1. The Hall–Kier alpha value is -2.89. The van der Waals surface area contributed by atoms with Gasteiger partial charge in [0.2, 0.25) is 11.8 Å². The molecule has 1 aliphatic rings. The number of carbonyl (C=O) groups is 2. The summed E-state index contributed by atoms with van der Waals surface area (Å²) in [7, 11) is 1.76. The van der Waals surface area contributed by atoms with Gasteiger partial charge in [0.05, 0.1) is 18.2 Å². The van der Waals surface area contributed by atoms with Crippen LogP contribution in [0.2, 0.25) is 0 Å². The lowest BCUT2D eigenvalue weighted by Gasteiger charge is -2.22. The third-order valence-electron chi connectivity index (χ3n) is 4.45. The number of pyridine rings is 1. The first-order valence-electron chi connectivity index (χ1n) is 8.76. The summed E-state index contributed by atoms with van der Waals surface area (Å²) in [5.74, 6) is 0.239. The van der Waals surface area contributed by atoms with Crippen molar-refractivity contribution in [1.82, 2.24) is 9.88 Å². The van der Waals surface area contributed by atoms with Crippen LogP contribution in [0.25, 0.3) is 0 Å². The van der Waals surface area contributed by atoms with Crippen molar-refractivity contribution >= 4 is 17.5 Å². The molecule has 2 aromatic rings. The Morgan fingerprint density at radius 1 is 1.31 bits per heavy atom. The first-order chi connectivity index (χ1) is 12.6. The van der Waals surface area contributed by atoms with E-state index in [4.69, 9.17) is 4.74 Å². The smallest absolute Gasteiger partial charge is 0.228 e. The minimum absolute atomic E-state index is 0.0291. The molecule has 26 heavy (non-hydrogen) atoms. The van der Waals surface area contributed by atoms with Crippen LogP contribution in [0, 0.1) is 5.92 Å². The maximum absolute atomic E-state index is 12.8. The second kappa shape index (κ2) is 7.99. The fourth-order valence-corrected chi connectivity index (χ4v) is 3.22.